The summed E-state index contributed by atoms with van der Waals surface area (Å²) < 4.78 is 5.49. The second-order valence-corrected chi connectivity index (χ2v) is 11.1. The van der Waals surface area contributed by atoms with Crippen LogP contribution in [0.4, 0.5) is 10.5 Å². The number of rotatable bonds is 6. The second-order valence-electron chi connectivity index (χ2n) is 10.6. The largest absolute Gasteiger partial charge is 0.497 e. The van der Waals surface area contributed by atoms with Crippen molar-refractivity contribution in [2.45, 2.75) is 25.0 Å². The fraction of sp³-hybridized carbons (Fsp3) is 0.147. The lowest BCUT2D eigenvalue weighted by Crippen LogP contribution is -2.44. The van der Waals surface area contributed by atoms with Gasteiger partial charge in [-0.1, -0.05) is 60.1 Å². The van der Waals surface area contributed by atoms with Crippen LogP contribution in [-0.2, 0) is 17.8 Å². The van der Waals surface area contributed by atoms with Crippen LogP contribution < -0.4 is 15.0 Å². The molecule has 2 atom stereocenters. The summed E-state index contributed by atoms with van der Waals surface area (Å²) in [7, 11) is 1.60. The molecule has 2 aliphatic rings. The summed E-state index contributed by atoms with van der Waals surface area (Å²) in [5.41, 5.74) is 5.33. The number of methoxy groups -OCH3 is 1. The number of nitrogens with one attached hydrogen (secondary N) is 2. The minimum atomic E-state index is -0.686. The molecule has 4 aromatic carbocycles. The maximum atomic E-state index is 14.1. The van der Waals surface area contributed by atoms with Gasteiger partial charge in [-0.2, -0.15) is 0 Å². The van der Waals surface area contributed by atoms with E-state index in [1.165, 1.54) is 4.90 Å². The topological polar surface area (TPSA) is 94.7 Å². The van der Waals surface area contributed by atoms with Crippen LogP contribution in [0.2, 0.25) is 5.02 Å². The minimum Gasteiger partial charge on any atom is -0.497 e. The molecule has 7 rings (SSSR count). The molecule has 2 N–H and O–H groups in total. The summed E-state index contributed by atoms with van der Waals surface area (Å²) in [6.45, 7) is 0.278. The molecule has 1 aromatic heterocycles. The Morgan fingerprint density at radius 3 is 2.53 bits per heavy atom. The molecule has 0 saturated carbocycles. The van der Waals surface area contributed by atoms with Crippen LogP contribution >= 0.6 is 11.6 Å². The van der Waals surface area contributed by atoms with E-state index in [9.17, 15) is 14.4 Å². The number of carbonyl (C=O) groups is 3. The molecule has 9 heteroatoms. The summed E-state index contributed by atoms with van der Waals surface area (Å²) in [6, 6.07) is 27.8. The zero-order chi connectivity index (χ0) is 29.7. The summed E-state index contributed by atoms with van der Waals surface area (Å²) in [6.07, 6.45) is 0.392. The summed E-state index contributed by atoms with van der Waals surface area (Å²) >= 11 is 6.21. The predicted molar refractivity (Wildman–Crippen MR) is 164 cm³/mol. The quantitative estimate of drug-likeness (QED) is 0.229. The first-order chi connectivity index (χ1) is 20.9. The second kappa shape index (κ2) is 10.6. The molecule has 8 nitrogen and oxygen atoms in total. The Labute approximate surface area is 252 Å². The van der Waals surface area contributed by atoms with Gasteiger partial charge in [-0.15, -0.1) is 0 Å². The number of ether oxygens (including phenoxy) is 1. The number of halogens is 1. The molecule has 1 unspecified atom stereocenters. The molecular weight excluding hydrogens is 564 g/mol. The van der Waals surface area contributed by atoms with Gasteiger partial charge in [0.05, 0.1) is 12.8 Å². The zero-order valence-electron chi connectivity index (χ0n) is 23.2. The highest BCUT2D eigenvalue weighted by Crippen LogP contribution is 2.45. The average molecular weight is 591 g/mol. The molecule has 0 spiro atoms. The van der Waals surface area contributed by atoms with Gasteiger partial charge in [0.25, 0.3) is 11.8 Å². The van der Waals surface area contributed by atoms with Crippen LogP contribution in [0, 0.1) is 0 Å². The smallest absolute Gasteiger partial charge is 0.332 e. The van der Waals surface area contributed by atoms with Crippen LogP contribution in [0.3, 0.4) is 0 Å². The van der Waals surface area contributed by atoms with Crippen LogP contribution in [0.15, 0.2) is 97.1 Å². The van der Waals surface area contributed by atoms with Gasteiger partial charge in [0.2, 0.25) is 0 Å². The van der Waals surface area contributed by atoms with E-state index in [-0.39, 0.29) is 18.4 Å². The van der Waals surface area contributed by atoms with Gasteiger partial charge in [0.1, 0.15) is 17.8 Å². The summed E-state index contributed by atoms with van der Waals surface area (Å²) in [5.74, 6) is 0.0756. The number of H-pyrrole nitrogens is 1. The van der Waals surface area contributed by atoms with E-state index in [4.69, 9.17) is 16.3 Å². The van der Waals surface area contributed by atoms with E-state index in [2.05, 4.69) is 10.3 Å². The number of hydrogen-bond donors (Lipinski definition) is 2. The number of benzene rings is 4. The van der Waals surface area contributed by atoms with Crippen molar-refractivity contribution < 1.29 is 19.1 Å². The average Bonchev–Trinajstić information content (AvgIpc) is 3.53. The van der Waals surface area contributed by atoms with E-state index in [1.807, 2.05) is 66.7 Å². The first kappa shape index (κ1) is 26.8. The Morgan fingerprint density at radius 2 is 1.74 bits per heavy atom. The van der Waals surface area contributed by atoms with Crippen molar-refractivity contribution >= 4 is 46.0 Å². The normalized spacial score (nSPS) is 17.6. The molecule has 214 valence electrons. The lowest BCUT2D eigenvalue weighted by Gasteiger charge is -2.36. The van der Waals surface area contributed by atoms with Crippen molar-refractivity contribution in [2.24, 2.45) is 0 Å². The molecule has 0 radical (unpaired) electrons. The van der Waals surface area contributed by atoms with Crippen molar-refractivity contribution in [3.05, 3.63) is 130 Å². The van der Waals surface area contributed by atoms with Gasteiger partial charge in [-0.25, -0.2) is 9.69 Å². The number of urea groups is 1. The minimum absolute atomic E-state index is 0.278. The molecular formula is C34H27ClN4O4. The number of imide groups is 1. The van der Waals surface area contributed by atoms with Gasteiger partial charge >= 0.3 is 6.03 Å². The fourth-order valence-corrected chi connectivity index (χ4v) is 6.35. The molecule has 1 fully saturated rings. The molecule has 4 amide bonds. The standard InChI is InChI=1S/C34H27ClN4O4/c1-43-24-9-6-8-21(17-24)31-30-26(25-10-3-5-12-28(25)37-30)18-29-33(41)38(34(42)39(29)31)23-15-13-20(14-16-23)32(40)36-19-22-7-2-4-11-27(22)35/h2-17,29,31,37H,18-19H2,1H3,(H,36,40)/t29-,31?/m0/s1. The maximum Gasteiger partial charge on any atom is 0.332 e. The van der Waals surface area contributed by atoms with Crippen LogP contribution in [0.25, 0.3) is 10.9 Å². The molecule has 0 aliphatic carbocycles. The van der Waals surface area contributed by atoms with Gasteiger partial charge in [0, 0.05) is 40.1 Å². The number of nitrogens with zero attached hydrogens (tertiary/aromatic N) is 2. The third kappa shape index (κ3) is 4.51. The highest BCUT2D eigenvalue weighted by molar-refractivity contribution is 6.31. The molecule has 3 heterocycles. The molecule has 1 saturated heterocycles. The van der Waals surface area contributed by atoms with Crippen molar-refractivity contribution in [3.8, 4) is 5.75 Å². The Bertz CT molecular complexity index is 1900. The number of aromatic nitrogens is 1. The number of amides is 4. The Balaban J connectivity index is 1.20. The highest BCUT2D eigenvalue weighted by Gasteiger charge is 2.53. The van der Waals surface area contributed by atoms with Crippen molar-refractivity contribution in [1.29, 1.82) is 0 Å². The molecule has 0 bridgehead atoms. The van der Waals surface area contributed by atoms with Crippen LogP contribution in [-0.4, -0.2) is 40.9 Å². The number of para-hydroxylation sites is 1. The van der Waals surface area contributed by atoms with Crippen LogP contribution in [0.1, 0.15) is 38.8 Å². The lowest BCUT2D eigenvalue weighted by atomic mass is 9.89. The Hall–Kier alpha value is -5.08. The third-order valence-electron chi connectivity index (χ3n) is 8.24. The summed E-state index contributed by atoms with van der Waals surface area (Å²) in [5, 5.41) is 4.48. The first-order valence-corrected chi connectivity index (χ1v) is 14.3. The van der Waals surface area contributed by atoms with Gasteiger partial charge in [0.15, 0.2) is 0 Å². The van der Waals surface area contributed by atoms with E-state index in [0.717, 1.165) is 33.3 Å². The number of anilines is 1. The van der Waals surface area contributed by atoms with Crippen molar-refractivity contribution in [1.82, 2.24) is 15.2 Å². The number of aromatic amines is 1. The SMILES string of the molecule is COc1cccc(C2c3[nH]c4ccccc4c3C[C@H]3C(=O)N(c4ccc(C(=O)NCc5ccccc5Cl)cc4)C(=O)N23)c1. The van der Waals surface area contributed by atoms with Gasteiger partial charge in [-0.05, 0) is 65.2 Å². The first-order valence-electron chi connectivity index (χ1n) is 14.0. The monoisotopic (exact) mass is 590 g/mol. The Morgan fingerprint density at radius 1 is 0.977 bits per heavy atom. The van der Waals surface area contributed by atoms with Crippen molar-refractivity contribution in [2.75, 3.05) is 12.0 Å². The number of carbonyl (C=O) groups excluding carboxylic acids is 3. The molecule has 2 aliphatic heterocycles. The number of hydrogen-bond acceptors (Lipinski definition) is 4. The van der Waals surface area contributed by atoms with E-state index in [0.29, 0.717) is 28.4 Å². The zero-order valence-corrected chi connectivity index (χ0v) is 24.0. The van der Waals surface area contributed by atoms with E-state index in [1.54, 1.807) is 42.3 Å². The van der Waals surface area contributed by atoms with E-state index >= 15 is 0 Å². The Kier molecular flexibility index (Phi) is 6.63. The molecule has 5 aromatic rings. The predicted octanol–water partition coefficient (Wildman–Crippen LogP) is 6.24. The lowest BCUT2D eigenvalue weighted by molar-refractivity contribution is -0.120. The third-order valence-corrected chi connectivity index (χ3v) is 8.61. The summed E-state index contributed by atoms with van der Waals surface area (Å²) in [4.78, 5) is 47.3. The maximum absolute atomic E-state index is 14.1. The van der Waals surface area contributed by atoms with Gasteiger partial charge < -0.3 is 15.0 Å². The molecule has 43 heavy (non-hydrogen) atoms. The van der Waals surface area contributed by atoms with Crippen LogP contribution in [0.5, 0.6) is 5.75 Å². The van der Waals surface area contributed by atoms with E-state index < -0.39 is 18.1 Å². The highest BCUT2D eigenvalue weighted by atomic mass is 35.5. The fourth-order valence-electron chi connectivity index (χ4n) is 6.15. The number of fused-ring (bicyclic) bond motifs is 4. The van der Waals surface area contributed by atoms with Crippen molar-refractivity contribution in [3.63, 3.8) is 0 Å². The van der Waals surface area contributed by atoms with Gasteiger partial charge in [-0.3, -0.25) is 14.5 Å².